The van der Waals surface area contributed by atoms with Crippen molar-refractivity contribution in [1.82, 2.24) is 4.90 Å². The van der Waals surface area contributed by atoms with Crippen molar-refractivity contribution in [3.05, 3.63) is 59.7 Å². The number of piperidine rings is 1. The van der Waals surface area contributed by atoms with Crippen LogP contribution in [0.2, 0.25) is 0 Å². The van der Waals surface area contributed by atoms with Gasteiger partial charge < -0.3 is 15.4 Å². The van der Waals surface area contributed by atoms with Crippen LogP contribution in [-0.4, -0.2) is 23.9 Å². The van der Waals surface area contributed by atoms with Crippen molar-refractivity contribution in [2.24, 2.45) is 5.92 Å². The number of carbonyl (C=O) groups excluding carboxylic acids is 1. The second-order valence-corrected chi connectivity index (χ2v) is 6.53. The third-order valence-corrected chi connectivity index (χ3v) is 4.44. The first-order chi connectivity index (χ1) is 11.6. The molecule has 4 heteroatoms. The van der Waals surface area contributed by atoms with Crippen molar-refractivity contribution in [3.63, 3.8) is 0 Å². The highest BCUT2D eigenvalue weighted by Gasteiger charge is 2.22. The average Bonchev–Trinajstić information content (AvgIpc) is 2.61. The van der Waals surface area contributed by atoms with Gasteiger partial charge in [-0.05, 0) is 42.5 Å². The molecule has 1 fully saturated rings. The highest BCUT2D eigenvalue weighted by molar-refractivity contribution is 5.95. The van der Waals surface area contributed by atoms with Gasteiger partial charge in [0.2, 0.25) is 0 Å². The molecule has 1 aliphatic rings. The molecule has 0 saturated carbocycles. The second kappa shape index (κ2) is 7.39. The molecule has 2 N–H and O–H groups in total. The summed E-state index contributed by atoms with van der Waals surface area (Å²) in [5.74, 6) is 1.24. The van der Waals surface area contributed by atoms with Gasteiger partial charge in [0.05, 0.1) is 5.69 Å². The molecule has 126 valence electrons. The quantitative estimate of drug-likeness (QED) is 0.872. The van der Waals surface area contributed by atoms with Crippen LogP contribution in [0.15, 0.2) is 48.5 Å². The maximum Gasteiger partial charge on any atom is 0.253 e. The number of rotatable bonds is 4. The van der Waals surface area contributed by atoms with Crippen molar-refractivity contribution < 1.29 is 9.53 Å². The summed E-state index contributed by atoms with van der Waals surface area (Å²) in [6.45, 7) is 4.30. The van der Waals surface area contributed by atoms with Crippen molar-refractivity contribution >= 4 is 11.6 Å². The third-order valence-electron chi connectivity index (χ3n) is 4.44. The van der Waals surface area contributed by atoms with E-state index in [1.54, 1.807) is 18.2 Å². The molecule has 24 heavy (non-hydrogen) atoms. The lowest BCUT2D eigenvalue weighted by molar-refractivity contribution is 0.0683. The second-order valence-electron chi connectivity index (χ2n) is 6.53. The minimum Gasteiger partial charge on any atom is -0.487 e. The van der Waals surface area contributed by atoms with Gasteiger partial charge in [-0.25, -0.2) is 0 Å². The summed E-state index contributed by atoms with van der Waals surface area (Å²) in [7, 11) is 0. The zero-order valence-corrected chi connectivity index (χ0v) is 14.1. The van der Waals surface area contributed by atoms with Gasteiger partial charge in [-0.3, -0.25) is 4.79 Å². The molecule has 0 spiro atoms. The third kappa shape index (κ3) is 3.88. The maximum absolute atomic E-state index is 12.6. The molecule has 0 aromatic heterocycles. The molecule has 1 unspecified atom stereocenters. The van der Waals surface area contributed by atoms with E-state index in [0.29, 0.717) is 29.5 Å². The standard InChI is InChI=1S/C20H24N2O2/c1-15-6-5-11-22(13-15)20(23)17-9-10-19(18(21)12-17)24-14-16-7-3-2-4-8-16/h2-4,7-10,12,15H,5-6,11,13-14,21H2,1H3. The first-order valence-electron chi connectivity index (χ1n) is 8.49. The van der Waals surface area contributed by atoms with Crippen molar-refractivity contribution in [2.75, 3.05) is 18.8 Å². The number of ether oxygens (including phenoxy) is 1. The van der Waals surface area contributed by atoms with E-state index in [1.165, 1.54) is 6.42 Å². The maximum atomic E-state index is 12.6. The predicted molar refractivity (Wildman–Crippen MR) is 95.9 cm³/mol. The minimum absolute atomic E-state index is 0.0582. The Morgan fingerprint density at radius 3 is 2.75 bits per heavy atom. The van der Waals surface area contributed by atoms with E-state index in [1.807, 2.05) is 35.2 Å². The smallest absolute Gasteiger partial charge is 0.253 e. The van der Waals surface area contributed by atoms with Crippen molar-refractivity contribution in [2.45, 2.75) is 26.4 Å². The van der Waals surface area contributed by atoms with Crippen LogP contribution < -0.4 is 10.5 Å². The first-order valence-corrected chi connectivity index (χ1v) is 8.49. The zero-order valence-electron chi connectivity index (χ0n) is 14.1. The molecule has 1 atom stereocenters. The highest BCUT2D eigenvalue weighted by atomic mass is 16.5. The van der Waals surface area contributed by atoms with Gasteiger partial charge in [0.1, 0.15) is 12.4 Å². The van der Waals surface area contributed by atoms with E-state index in [9.17, 15) is 4.79 Å². The number of likely N-dealkylation sites (tertiary alicyclic amines) is 1. The normalized spacial score (nSPS) is 17.5. The van der Waals surface area contributed by atoms with Gasteiger partial charge in [-0.1, -0.05) is 37.3 Å². The van der Waals surface area contributed by atoms with Crippen LogP contribution in [0.4, 0.5) is 5.69 Å². The Balaban J connectivity index is 1.66. The largest absolute Gasteiger partial charge is 0.487 e. The number of anilines is 1. The Kier molecular flexibility index (Phi) is 5.04. The van der Waals surface area contributed by atoms with Crippen molar-refractivity contribution in [3.8, 4) is 5.75 Å². The lowest BCUT2D eigenvalue weighted by atomic mass is 9.99. The monoisotopic (exact) mass is 324 g/mol. The Bertz CT molecular complexity index is 700. The molecule has 4 nitrogen and oxygen atoms in total. The van der Waals surface area contributed by atoms with Crippen molar-refractivity contribution in [1.29, 1.82) is 0 Å². The summed E-state index contributed by atoms with van der Waals surface area (Å²) < 4.78 is 5.77. The minimum atomic E-state index is 0.0582. The van der Waals surface area contributed by atoms with Gasteiger partial charge in [0, 0.05) is 18.7 Å². The van der Waals surface area contributed by atoms with Crippen LogP contribution in [0.3, 0.4) is 0 Å². The van der Waals surface area contributed by atoms with Crippen LogP contribution in [0.25, 0.3) is 0 Å². The molecule has 2 aromatic carbocycles. The number of nitrogens with zero attached hydrogens (tertiary/aromatic N) is 1. The van der Waals surface area contributed by atoms with E-state index >= 15 is 0 Å². The number of carbonyl (C=O) groups is 1. The van der Waals surface area contributed by atoms with Crippen LogP contribution in [0, 0.1) is 5.92 Å². The molecule has 1 saturated heterocycles. The Morgan fingerprint density at radius 2 is 2.04 bits per heavy atom. The van der Waals surface area contributed by atoms with E-state index in [0.717, 1.165) is 25.1 Å². The number of amides is 1. The van der Waals surface area contributed by atoms with Gasteiger partial charge in [0.15, 0.2) is 0 Å². The molecule has 1 aliphatic heterocycles. The summed E-state index contributed by atoms with van der Waals surface area (Å²) in [5, 5.41) is 0. The SMILES string of the molecule is CC1CCCN(C(=O)c2ccc(OCc3ccccc3)c(N)c2)C1. The highest BCUT2D eigenvalue weighted by Crippen LogP contribution is 2.25. The summed E-state index contributed by atoms with van der Waals surface area (Å²) in [6.07, 6.45) is 2.26. The van der Waals surface area contributed by atoms with Gasteiger partial charge in [-0.2, -0.15) is 0 Å². The Labute approximate surface area is 143 Å². The molecule has 1 heterocycles. The number of hydrogen-bond acceptors (Lipinski definition) is 3. The van der Waals surface area contributed by atoms with E-state index in [-0.39, 0.29) is 5.91 Å². The summed E-state index contributed by atoms with van der Waals surface area (Å²) in [4.78, 5) is 14.5. The fourth-order valence-corrected chi connectivity index (χ4v) is 3.10. The van der Waals surface area contributed by atoms with Crippen LogP contribution >= 0.6 is 0 Å². The topological polar surface area (TPSA) is 55.6 Å². The summed E-state index contributed by atoms with van der Waals surface area (Å²) >= 11 is 0. The molecule has 0 bridgehead atoms. The Morgan fingerprint density at radius 1 is 1.25 bits per heavy atom. The molecule has 1 amide bonds. The molecule has 0 radical (unpaired) electrons. The van der Waals surface area contributed by atoms with E-state index < -0.39 is 0 Å². The van der Waals surface area contributed by atoms with E-state index in [2.05, 4.69) is 6.92 Å². The predicted octanol–water partition coefficient (Wildman–Crippen LogP) is 3.72. The van der Waals surface area contributed by atoms with Gasteiger partial charge in [0.25, 0.3) is 5.91 Å². The number of benzene rings is 2. The molecular weight excluding hydrogens is 300 g/mol. The molecular formula is C20H24N2O2. The zero-order chi connectivity index (χ0) is 16.9. The lowest BCUT2D eigenvalue weighted by Crippen LogP contribution is -2.39. The average molecular weight is 324 g/mol. The summed E-state index contributed by atoms with van der Waals surface area (Å²) in [5.41, 5.74) is 8.30. The first kappa shape index (κ1) is 16.4. The fourth-order valence-electron chi connectivity index (χ4n) is 3.10. The Hall–Kier alpha value is -2.49. The summed E-state index contributed by atoms with van der Waals surface area (Å²) in [6, 6.07) is 15.3. The molecule has 3 rings (SSSR count). The number of nitrogens with two attached hydrogens (primary N) is 1. The number of nitrogen functional groups attached to an aromatic ring is 1. The van der Waals surface area contributed by atoms with E-state index in [4.69, 9.17) is 10.5 Å². The van der Waals surface area contributed by atoms with Crippen LogP contribution in [0.5, 0.6) is 5.75 Å². The van der Waals surface area contributed by atoms with Gasteiger partial charge >= 0.3 is 0 Å². The van der Waals surface area contributed by atoms with Crippen LogP contribution in [0.1, 0.15) is 35.7 Å². The van der Waals surface area contributed by atoms with Crippen LogP contribution in [-0.2, 0) is 6.61 Å². The molecule has 0 aliphatic carbocycles. The number of hydrogen-bond donors (Lipinski definition) is 1. The lowest BCUT2D eigenvalue weighted by Gasteiger charge is -2.31. The fraction of sp³-hybridized carbons (Fsp3) is 0.350. The molecule has 2 aromatic rings. The van der Waals surface area contributed by atoms with Gasteiger partial charge in [-0.15, -0.1) is 0 Å².